The molecular formula is C13H18N2O4. The molecule has 0 spiro atoms. The van der Waals surface area contributed by atoms with Crippen LogP contribution >= 0.6 is 0 Å². The molecule has 1 rings (SSSR count). The van der Waals surface area contributed by atoms with E-state index in [1.165, 1.54) is 12.0 Å². The minimum atomic E-state index is -1.05. The minimum absolute atomic E-state index is 0.320. The van der Waals surface area contributed by atoms with E-state index < -0.39 is 18.0 Å². The second-order valence-electron chi connectivity index (χ2n) is 3.98. The number of nitrogens with zero attached hydrogens (tertiary/aromatic N) is 1. The van der Waals surface area contributed by atoms with Gasteiger partial charge in [-0.25, -0.2) is 9.59 Å². The molecule has 2 N–H and O–H groups in total. The van der Waals surface area contributed by atoms with E-state index in [1.807, 2.05) is 0 Å². The number of rotatable bonds is 5. The van der Waals surface area contributed by atoms with Crippen molar-refractivity contribution in [2.45, 2.75) is 19.4 Å². The zero-order valence-electron chi connectivity index (χ0n) is 11.2. The summed E-state index contributed by atoms with van der Waals surface area (Å²) in [6.07, 6.45) is 0.320. The van der Waals surface area contributed by atoms with Gasteiger partial charge >= 0.3 is 12.0 Å². The van der Waals surface area contributed by atoms with Gasteiger partial charge in [-0.05, 0) is 18.6 Å². The summed E-state index contributed by atoms with van der Waals surface area (Å²) in [6, 6.07) is 5.63. The van der Waals surface area contributed by atoms with Gasteiger partial charge in [-0.2, -0.15) is 0 Å². The predicted octanol–water partition coefficient (Wildman–Crippen LogP) is 1.70. The Hall–Kier alpha value is -2.24. The van der Waals surface area contributed by atoms with Crippen LogP contribution in [0.3, 0.4) is 0 Å². The maximum Gasteiger partial charge on any atom is 0.326 e. The zero-order chi connectivity index (χ0) is 14.4. The standard InChI is InChI=1S/C13H18N2O4/c1-4-9(12(16)17)14-13(18)15(2)10-7-5-6-8-11(10)19-3/h5-9H,4H2,1-3H3,(H,14,18)(H,16,17)/t9-/m0/s1. The van der Waals surface area contributed by atoms with E-state index in [0.29, 0.717) is 17.9 Å². The molecule has 104 valence electrons. The Labute approximate surface area is 112 Å². The maximum atomic E-state index is 12.0. The van der Waals surface area contributed by atoms with E-state index in [9.17, 15) is 9.59 Å². The van der Waals surface area contributed by atoms with Crippen molar-refractivity contribution < 1.29 is 19.4 Å². The number of carbonyl (C=O) groups is 2. The predicted molar refractivity (Wildman–Crippen MR) is 71.6 cm³/mol. The zero-order valence-corrected chi connectivity index (χ0v) is 11.2. The molecule has 0 unspecified atom stereocenters. The first-order valence-corrected chi connectivity index (χ1v) is 5.91. The third kappa shape index (κ3) is 3.61. The topological polar surface area (TPSA) is 78.9 Å². The molecule has 0 saturated heterocycles. The third-order valence-corrected chi connectivity index (χ3v) is 2.76. The molecule has 1 aromatic rings. The fourth-order valence-electron chi connectivity index (χ4n) is 1.60. The van der Waals surface area contributed by atoms with Crippen molar-refractivity contribution in [3.05, 3.63) is 24.3 Å². The third-order valence-electron chi connectivity index (χ3n) is 2.76. The van der Waals surface area contributed by atoms with Crippen LogP contribution in [0, 0.1) is 0 Å². The minimum Gasteiger partial charge on any atom is -0.495 e. The number of carboxylic acids is 1. The lowest BCUT2D eigenvalue weighted by Crippen LogP contribution is -2.46. The number of benzene rings is 1. The molecule has 0 aromatic heterocycles. The van der Waals surface area contributed by atoms with Gasteiger partial charge in [-0.15, -0.1) is 0 Å². The van der Waals surface area contributed by atoms with Gasteiger partial charge in [-0.1, -0.05) is 19.1 Å². The second kappa shape index (κ2) is 6.63. The van der Waals surface area contributed by atoms with E-state index in [-0.39, 0.29) is 0 Å². The number of nitrogens with one attached hydrogen (secondary N) is 1. The highest BCUT2D eigenvalue weighted by Gasteiger charge is 2.21. The molecule has 6 nitrogen and oxygen atoms in total. The highest BCUT2D eigenvalue weighted by atomic mass is 16.5. The Morgan fingerprint density at radius 1 is 1.42 bits per heavy atom. The summed E-state index contributed by atoms with van der Waals surface area (Å²) in [5.74, 6) is -0.507. The molecule has 0 radical (unpaired) electrons. The average molecular weight is 266 g/mol. The molecule has 19 heavy (non-hydrogen) atoms. The van der Waals surface area contributed by atoms with Crippen LogP contribution in [0.1, 0.15) is 13.3 Å². The summed E-state index contributed by atoms with van der Waals surface area (Å²) in [5, 5.41) is 11.4. The number of hydrogen-bond acceptors (Lipinski definition) is 3. The first kappa shape index (κ1) is 14.8. The summed E-state index contributed by atoms with van der Waals surface area (Å²) in [6.45, 7) is 1.70. The lowest BCUT2D eigenvalue weighted by molar-refractivity contribution is -0.139. The largest absolute Gasteiger partial charge is 0.495 e. The van der Waals surface area contributed by atoms with Gasteiger partial charge in [0.05, 0.1) is 12.8 Å². The number of carbonyl (C=O) groups excluding carboxylic acids is 1. The first-order chi connectivity index (χ1) is 9.01. The molecule has 1 aromatic carbocycles. The summed E-state index contributed by atoms with van der Waals surface area (Å²) >= 11 is 0. The number of urea groups is 1. The molecule has 0 saturated carbocycles. The maximum absolute atomic E-state index is 12.0. The molecule has 6 heteroatoms. The van der Waals surface area contributed by atoms with Crippen LogP contribution in [0.2, 0.25) is 0 Å². The summed E-state index contributed by atoms with van der Waals surface area (Å²) in [4.78, 5) is 24.2. The van der Waals surface area contributed by atoms with Crippen LogP contribution in [-0.2, 0) is 4.79 Å². The van der Waals surface area contributed by atoms with E-state index in [1.54, 1.807) is 38.2 Å². The van der Waals surface area contributed by atoms with Crippen LogP contribution in [0.25, 0.3) is 0 Å². The monoisotopic (exact) mass is 266 g/mol. The number of amides is 2. The van der Waals surface area contributed by atoms with Crippen LogP contribution in [-0.4, -0.2) is 37.3 Å². The number of ether oxygens (including phenoxy) is 1. The van der Waals surface area contributed by atoms with Crippen LogP contribution in [0.5, 0.6) is 5.75 Å². The molecule has 0 bridgehead atoms. The smallest absolute Gasteiger partial charge is 0.326 e. The second-order valence-corrected chi connectivity index (χ2v) is 3.98. The van der Waals surface area contributed by atoms with Gasteiger partial charge < -0.3 is 15.2 Å². The average Bonchev–Trinajstić information content (AvgIpc) is 2.43. The molecule has 0 fully saturated rings. The highest BCUT2D eigenvalue weighted by molar-refractivity contribution is 5.95. The SMILES string of the molecule is CC[C@H](NC(=O)N(C)c1ccccc1OC)C(=O)O. The van der Waals surface area contributed by atoms with E-state index in [0.717, 1.165) is 0 Å². The van der Waals surface area contributed by atoms with Crippen molar-refractivity contribution in [3.8, 4) is 5.75 Å². The van der Waals surface area contributed by atoms with Gasteiger partial charge in [0.25, 0.3) is 0 Å². The van der Waals surface area contributed by atoms with Gasteiger partial charge in [0, 0.05) is 7.05 Å². The Morgan fingerprint density at radius 2 is 2.05 bits per heavy atom. The summed E-state index contributed by atoms with van der Waals surface area (Å²) < 4.78 is 5.16. The number of methoxy groups -OCH3 is 1. The van der Waals surface area contributed by atoms with Crippen molar-refractivity contribution in [1.29, 1.82) is 0 Å². The number of hydrogen-bond donors (Lipinski definition) is 2. The Morgan fingerprint density at radius 3 is 2.58 bits per heavy atom. The first-order valence-electron chi connectivity index (χ1n) is 5.91. The Balaban J connectivity index is 2.84. The van der Waals surface area contributed by atoms with Crippen molar-refractivity contribution in [1.82, 2.24) is 5.32 Å². The van der Waals surface area contributed by atoms with Gasteiger partial charge in [0.15, 0.2) is 0 Å². The van der Waals surface area contributed by atoms with Crippen molar-refractivity contribution >= 4 is 17.7 Å². The molecule has 0 aliphatic rings. The molecule has 0 aliphatic carbocycles. The molecule has 2 amide bonds. The number of aliphatic carboxylic acids is 1. The fourth-order valence-corrected chi connectivity index (χ4v) is 1.60. The van der Waals surface area contributed by atoms with Gasteiger partial charge in [-0.3, -0.25) is 4.90 Å². The summed E-state index contributed by atoms with van der Waals surface area (Å²) in [5.41, 5.74) is 0.572. The number of anilines is 1. The van der Waals surface area contributed by atoms with Gasteiger partial charge in [0.1, 0.15) is 11.8 Å². The molecule has 1 atom stereocenters. The van der Waals surface area contributed by atoms with Gasteiger partial charge in [0.2, 0.25) is 0 Å². The van der Waals surface area contributed by atoms with E-state index in [4.69, 9.17) is 9.84 Å². The normalized spacial score (nSPS) is 11.5. The molecule has 0 aliphatic heterocycles. The molecular weight excluding hydrogens is 248 g/mol. The lowest BCUT2D eigenvalue weighted by Gasteiger charge is -2.22. The van der Waals surface area contributed by atoms with Crippen LogP contribution in [0.4, 0.5) is 10.5 Å². The molecule has 0 heterocycles. The van der Waals surface area contributed by atoms with Crippen LogP contribution in [0.15, 0.2) is 24.3 Å². The fraction of sp³-hybridized carbons (Fsp3) is 0.385. The number of carboxylic acid groups (broad SMARTS) is 1. The quantitative estimate of drug-likeness (QED) is 0.850. The van der Waals surface area contributed by atoms with Crippen molar-refractivity contribution in [2.75, 3.05) is 19.1 Å². The lowest BCUT2D eigenvalue weighted by atomic mass is 10.2. The van der Waals surface area contributed by atoms with Crippen LogP contribution < -0.4 is 15.0 Å². The number of para-hydroxylation sites is 2. The van der Waals surface area contributed by atoms with E-state index in [2.05, 4.69) is 5.32 Å². The Bertz CT molecular complexity index is 462. The van der Waals surface area contributed by atoms with E-state index >= 15 is 0 Å². The Kier molecular flexibility index (Phi) is 5.17. The van der Waals surface area contributed by atoms with Crippen molar-refractivity contribution in [3.63, 3.8) is 0 Å². The highest BCUT2D eigenvalue weighted by Crippen LogP contribution is 2.26. The van der Waals surface area contributed by atoms with Crippen molar-refractivity contribution in [2.24, 2.45) is 0 Å². The summed E-state index contributed by atoms with van der Waals surface area (Å²) in [7, 11) is 3.07.